The Morgan fingerprint density at radius 2 is 2.00 bits per heavy atom. The molecule has 3 aromatic rings. The van der Waals surface area contributed by atoms with Gasteiger partial charge in [-0.05, 0) is 29.8 Å². The van der Waals surface area contributed by atoms with Gasteiger partial charge in [0, 0.05) is 17.3 Å². The number of rotatable bonds is 3. The van der Waals surface area contributed by atoms with Gasteiger partial charge in [-0.15, -0.1) is 0 Å². The fraction of sp³-hybridized carbons (Fsp3) is 0.0588. The molecule has 0 unspecified atom stereocenters. The number of carbonyl (C=O) groups is 1. The van der Waals surface area contributed by atoms with Crippen LogP contribution in [0.25, 0.3) is 10.9 Å². The van der Waals surface area contributed by atoms with E-state index in [4.69, 9.17) is 11.6 Å². The molecule has 1 aromatic heterocycles. The Hall–Kier alpha value is -2.46. The quantitative estimate of drug-likeness (QED) is 0.787. The summed E-state index contributed by atoms with van der Waals surface area (Å²) in [5, 5.41) is 3.67. The minimum Gasteiger partial charge on any atom is -0.326 e. The molecular formula is C17H12ClFN2O. The maximum atomic E-state index is 13.1. The van der Waals surface area contributed by atoms with E-state index in [-0.39, 0.29) is 17.4 Å². The molecule has 0 radical (unpaired) electrons. The van der Waals surface area contributed by atoms with E-state index in [0.29, 0.717) is 5.69 Å². The van der Waals surface area contributed by atoms with Crippen molar-refractivity contribution in [1.29, 1.82) is 0 Å². The van der Waals surface area contributed by atoms with E-state index >= 15 is 0 Å². The van der Waals surface area contributed by atoms with Gasteiger partial charge in [-0.2, -0.15) is 0 Å². The van der Waals surface area contributed by atoms with Crippen molar-refractivity contribution in [2.24, 2.45) is 0 Å². The van der Waals surface area contributed by atoms with Gasteiger partial charge in [-0.25, -0.2) is 4.39 Å². The van der Waals surface area contributed by atoms with Gasteiger partial charge in [0.15, 0.2) is 0 Å². The summed E-state index contributed by atoms with van der Waals surface area (Å²) in [6.45, 7) is 0. The summed E-state index contributed by atoms with van der Waals surface area (Å²) in [4.78, 5) is 16.5. The highest BCUT2D eigenvalue weighted by Crippen LogP contribution is 2.20. The van der Waals surface area contributed by atoms with Crippen LogP contribution in [-0.4, -0.2) is 10.9 Å². The number of halogens is 2. The summed E-state index contributed by atoms with van der Waals surface area (Å²) < 4.78 is 13.1. The molecule has 1 amide bonds. The van der Waals surface area contributed by atoms with Crippen molar-refractivity contribution in [3.63, 3.8) is 0 Å². The third-order valence-corrected chi connectivity index (χ3v) is 3.56. The van der Waals surface area contributed by atoms with Gasteiger partial charge >= 0.3 is 0 Å². The van der Waals surface area contributed by atoms with Gasteiger partial charge in [0.2, 0.25) is 5.91 Å². The third kappa shape index (κ3) is 3.07. The van der Waals surface area contributed by atoms with E-state index in [9.17, 15) is 9.18 Å². The highest BCUT2D eigenvalue weighted by molar-refractivity contribution is 6.31. The molecule has 0 saturated carbocycles. The number of carbonyl (C=O) groups excluding carboxylic acids is 1. The maximum Gasteiger partial charge on any atom is 0.228 e. The number of nitrogens with one attached hydrogen (secondary N) is 1. The lowest BCUT2D eigenvalue weighted by molar-refractivity contribution is -0.115. The molecule has 1 heterocycles. The van der Waals surface area contributed by atoms with Crippen molar-refractivity contribution >= 4 is 34.1 Å². The molecule has 0 bridgehead atoms. The second-order valence-corrected chi connectivity index (χ2v) is 5.25. The van der Waals surface area contributed by atoms with Crippen LogP contribution in [0, 0.1) is 5.82 Å². The summed E-state index contributed by atoms with van der Waals surface area (Å²) in [7, 11) is 0. The van der Waals surface area contributed by atoms with Crippen LogP contribution in [0.2, 0.25) is 5.02 Å². The van der Waals surface area contributed by atoms with E-state index in [1.807, 2.05) is 30.3 Å². The van der Waals surface area contributed by atoms with Crippen molar-refractivity contribution in [2.75, 3.05) is 5.32 Å². The van der Waals surface area contributed by atoms with Crippen LogP contribution in [0.5, 0.6) is 0 Å². The van der Waals surface area contributed by atoms with Crippen LogP contribution in [-0.2, 0) is 11.2 Å². The summed E-state index contributed by atoms with van der Waals surface area (Å²) in [5.74, 6) is -0.723. The number of nitrogens with zero attached hydrogens (tertiary/aromatic N) is 1. The maximum absolute atomic E-state index is 13.1. The van der Waals surface area contributed by atoms with Crippen molar-refractivity contribution in [3.8, 4) is 0 Å². The number of pyridine rings is 1. The number of benzene rings is 2. The molecule has 0 fully saturated rings. The lowest BCUT2D eigenvalue weighted by atomic mass is 10.1. The van der Waals surface area contributed by atoms with Gasteiger partial charge in [-0.1, -0.05) is 35.9 Å². The molecule has 2 aromatic carbocycles. The van der Waals surface area contributed by atoms with Crippen LogP contribution in [0.4, 0.5) is 10.1 Å². The average molecular weight is 315 g/mol. The van der Waals surface area contributed by atoms with Gasteiger partial charge < -0.3 is 5.32 Å². The van der Waals surface area contributed by atoms with Crippen LogP contribution >= 0.6 is 11.6 Å². The van der Waals surface area contributed by atoms with Gasteiger partial charge in [0.1, 0.15) is 5.82 Å². The van der Waals surface area contributed by atoms with E-state index in [1.54, 1.807) is 6.20 Å². The molecule has 5 heteroatoms. The second-order valence-electron chi connectivity index (χ2n) is 4.85. The van der Waals surface area contributed by atoms with Gasteiger partial charge in [0.05, 0.1) is 17.0 Å². The number of anilines is 1. The SMILES string of the molecule is O=C(Cc1cccc2cccnc12)Nc1ccc(F)c(Cl)c1. The first kappa shape index (κ1) is 14.5. The van der Waals surface area contributed by atoms with Crippen molar-refractivity contribution < 1.29 is 9.18 Å². The van der Waals surface area contributed by atoms with Crippen LogP contribution in [0.15, 0.2) is 54.7 Å². The lowest BCUT2D eigenvalue weighted by Crippen LogP contribution is -2.14. The molecule has 0 aliphatic rings. The normalized spacial score (nSPS) is 10.6. The van der Waals surface area contributed by atoms with Crippen LogP contribution in [0.1, 0.15) is 5.56 Å². The van der Waals surface area contributed by atoms with Gasteiger partial charge in [-0.3, -0.25) is 9.78 Å². The zero-order valence-corrected chi connectivity index (χ0v) is 12.3. The highest BCUT2D eigenvalue weighted by atomic mass is 35.5. The summed E-state index contributed by atoms with van der Waals surface area (Å²) in [6.07, 6.45) is 1.88. The molecule has 0 spiro atoms. The fourth-order valence-electron chi connectivity index (χ4n) is 2.26. The summed E-state index contributed by atoms with van der Waals surface area (Å²) >= 11 is 5.70. The monoisotopic (exact) mass is 314 g/mol. The standard InChI is InChI=1S/C17H12ClFN2O/c18-14-10-13(6-7-15(14)19)21-16(22)9-12-4-1-3-11-5-2-8-20-17(11)12/h1-8,10H,9H2,(H,21,22). The molecule has 0 saturated heterocycles. The first-order valence-electron chi connectivity index (χ1n) is 6.71. The summed E-state index contributed by atoms with van der Waals surface area (Å²) in [5.41, 5.74) is 2.10. The number of para-hydroxylation sites is 1. The average Bonchev–Trinajstić information content (AvgIpc) is 2.51. The Kier molecular flexibility index (Phi) is 4.02. The molecule has 3 nitrogen and oxygen atoms in total. The smallest absolute Gasteiger partial charge is 0.228 e. The van der Waals surface area contributed by atoms with Crippen LogP contribution in [0.3, 0.4) is 0 Å². The first-order valence-corrected chi connectivity index (χ1v) is 7.09. The number of aromatic nitrogens is 1. The predicted molar refractivity (Wildman–Crippen MR) is 85.5 cm³/mol. The minimum absolute atomic E-state index is 0.0235. The van der Waals surface area contributed by atoms with E-state index in [1.165, 1.54) is 18.2 Å². The molecule has 3 rings (SSSR count). The van der Waals surface area contributed by atoms with Crippen LogP contribution < -0.4 is 5.32 Å². The second kappa shape index (κ2) is 6.12. The largest absolute Gasteiger partial charge is 0.326 e. The Labute approximate surface area is 131 Å². The predicted octanol–water partition coefficient (Wildman–Crippen LogP) is 4.21. The molecule has 1 N–H and O–H groups in total. The molecular weight excluding hydrogens is 303 g/mol. The van der Waals surface area contributed by atoms with Crippen molar-refractivity contribution in [3.05, 3.63) is 71.1 Å². The zero-order chi connectivity index (χ0) is 15.5. The summed E-state index contributed by atoms with van der Waals surface area (Å²) in [6, 6.07) is 13.6. The number of fused-ring (bicyclic) bond motifs is 1. The fourth-order valence-corrected chi connectivity index (χ4v) is 2.44. The molecule has 110 valence electrons. The van der Waals surface area contributed by atoms with Crippen molar-refractivity contribution in [1.82, 2.24) is 4.98 Å². The molecule has 22 heavy (non-hydrogen) atoms. The van der Waals surface area contributed by atoms with Gasteiger partial charge in [0.25, 0.3) is 0 Å². The number of hydrogen-bond donors (Lipinski definition) is 1. The Bertz CT molecular complexity index is 846. The molecule has 0 aliphatic carbocycles. The number of amides is 1. The highest BCUT2D eigenvalue weighted by Gasteiger charge is 2.09. The zero-order valence-electron chi connectivity index (χ0n) is 11.5. The number of hydrogen-bond acceptors (Lipinski definition) is 2. The van der Waals surface area contributed by atoms with E-state index in [2.05, 4.69) is 10.3 Å². The molecule has 0 atom stereocenters. The van der Waals surface area contributed by atoms with Crippen molar-refractivity contribution in [2.45, 2.75) is 6.42 Å². The van der Waals surface area contributed by atoms with E-state index < -0.39 is 5.82 Å². The lowest BCUT2D eigenvalue weighted by Gasteiger charge is -2.08. The third-order valence-electron chi connectivity index (χ3n) is 3.27. The topological polar surface area (TPSA) is 42.0 Å². The first-order chi connectivity index (χ1) is 10.6. The Balaban J connectivity index is 1.80. The Morgan fingerprint density at radius 3 is 2.82 bits per heavy atom. The minimum atomic E-state index is -0.516. The Morgan fingerprint density at radius 1 is 1.18 bits per heavy atom. The molecule has 0 aliphatic heterocycles. The van der Waals surface area contributed by atoms with E-state index in [0.717, 1.165) is 16.5 Å².